The largest absolute Gasteiger partial charge is 0.351 e. The average Bonchev–Trinajstić information content (AvgIpc) is 2.59. The molecule has 0 aromatic carbocycles. The van der Waals surface area contributed by atoms with Gasteiger partial charge in [-0.1, -0.05) is 20.8 Å². The zero-order chi connectivity index (χ0) is 16.8. The highest BCUT2D eigenvalue weighted by Gasteiger charge is 2.11. The number of nitriles is 1. The van der Waals surface area contributed by atoms with Crippen molar-refractivity contribution in [2.24, 2.45) is 0 Å². The van der Waals surface area contributed by atoms with Gasteiger partial charge in [0.05, 0.1) is 11.1 Å². The number of pyridine rings is 2. The lowest BCUT2D eigenvalue weighted by atomic mass is 10.1. The molecule has 0 radical (unpaired) electrons. The number of aromatic nitrogens is 2. The van der Waals surface area contributed by atoms with Crippen LogP contribution in [0.1, 0.15) is 59.9 Å². The van der Waals surface area contributed by atoms with Crippen LogP contribution in [0.5, 0.6) is 0 Å². The Morgan fingerprint density at radius 2 is 1.83 bits per heavy atom. The second-order valence-electron chi connectivity index (χ2n) is 5.82. The Morgan fingerprint density at radius 1 is 1.13 bits per heavy atom. The number of hydrogen-bond acceptors (Lipinski definition) is 4. The van der Waals surface area contributed by atoms with Gasteiger partial charge in [0.25, 0.3) is 5.91 Å². The monoisotopic (exact) mass is 308 g/mol. The van der Waals surface area contributed by atoms with E-state index in [4.69, 9.17) is 5.26 Å². The quantitative estimate of drug-likeness (QED) is 0.921. The van der Waals surface area contributed by atoms with Crippen LogP contribution in [-0.2, 0) is 0 Å². The van der Waals surface area contributed by atoms with Crippen molar-refractivity contribution in [1.29, 1.82) is 5.26 Å². The molecule has 0 unspecified atom stereocenters. The van der Waals surface area contributed by atoms with Crippen LogP contribution in [0.3, 0.4) is 0 Å². The zero-order valence-electron chi connectivity index (χ0n) is 13.6. The first kappa shape index (κ1) is 16.6. The van der Waals surface area contributed by atoms with E-state index >= 15 is 0 Å². The van der Waals surface area contributed by atoms with Crippen molar-refractivity contribution in [2.75, 3.05) is 6.54 Å². The molecule has 0 saturated heterocycles. The maximum atomic E-state index is 12.1. The summed E-state index contributed by atoms with van der Waals surface area (Å²) in [6.45, 7) is 6.58. The van der Waals surface area contributed by atoms with E-state index in [0.29, 0.717) is 23.6 Å². The van der Waals surface area contributed by atoms with Gasteiger partial charge in [0.15, 0.2) is 0 Å². The summed E-state index contributed by atoms with van der Waals surface area (Å²) in [5.74, 6) is 0.262. The fourth-order valence-electron chi connectivity index (χ4n) is 2.10. The smallest absolute Gasteiger partial charge is 0.252 e. The number of hydrogen-bond donors (Lipinski definition) is 1. The van der Waals surface area contributed by atoms with Crippen molar-refractivity contribution in [1.82, 2.24) is 15.3 Å². The fraction of sp³-hybridized carbons (Fsp3) is 0.333. The van der Waals surface area contributed by atoms with Crippen LogP contribution < -0.4 is 5.32 Å². The molecule has 0 aliphatic carbocycles. The molecule has 5 heteroatoms. The first-order valence-corrected chi connectivity index (χ1v) is 7.61. The Balaban J connectivity index is 1.93. The summed E-state index contributed by atoms with van der Waals surface area (Å²) in [4.78, 5) is 20.7. The molecule has 0 aliphatic rings. The molecule has 0 bridgehead atoms. The average molecular weight is 308 g/mol. The van der Waals surface area contributed by atoms with Crippen LogP contribution in [-0.4, -0.2) is 22.4 Å². The zero-order valence-corrected chi connectivity index (χ0v) is 13.6. The van der Waals surface area contributed by atoms with Gasteiger partial charge in [-0.15, -0.1) is 0 Å². The summed E-state index contributed by atoms with van der Waals surface area (Å²) in [6, 6.07) is 9.26. The van der Waals surface area contributed by atoms with Gasteiger partial charge >= 0.3 is 0 Å². The Morgan fingerprint density at radius 3 is 2.35 bits per heavy atom. The molecule has 5 nitrogen and oxygen atoms in total. The van der Waals surface area contributed by atoms with Crippen LogP contribution >= 0.6 is 0 Å². The highest BCUT2D eigenvalue weighted by molar-refractivity contribution is 5.93. The van der Waals surface area contributed by atoms with Crippen molar-refractivity contribution >= 4 is 5.91 Å². The maximum absolute atomic E-state index is 12.1. The van der Waals surface area contributed by atoms with Gasteiger partial charge in [-0.2, -0.15) is 5.26 Å². The minimum Gasteiger partial charge on any atom is -0.351 e. The van der Waals surface area contributed by atoms with E-state index in [9.17, 15) is 4.79 Å². The Kier molecular flexibility index (Phi) is 5.42. The van der Waals surface area contributed by atoms with Crippen molar-refractivity contribution in [2.45, 2.75) is 32.6 Å². The summed E-state index contributed by atoms with van der Waals surface area (Å²) in [5, 5.41) is 11.7. The third-order valence-electron chi connectivity index (χ3n) is 3.63. The van der Waals surface area contributed by atoms with Crippen LogP contribution in [0, 0.1) is 11.3 Å². The molecule has 1 atom stereocenters. The maximum Gasteiger partial charge on any atom is 0.252 e. The Labute approximate surface area is 136 Å². The molecule has 2 aromatic heterocycles. The second-order valence-corrected chi connectivity index (χ2v) is 5.82. The van der Waals surface area contributed by atoms with E-state index in [1.807, 2.05) is 25.1 Å². The lowest BCUT2D eigenvalue weighted by Crippen LogP contribution is -2.28. The van der Waals surface area contributed by atoms with Crippen molar-refractivity contribution in [3.63, 3.8) is 0 Å². The Hall–Kier alpha value is -2.74. The van der Waals surface area contributed by atoms with E-state index in [0.717, 1.165) is 11.4 Å². The lowest BCUT2D eigenvalue weighted by Gasteiger charge is -2.12. The van der Waals surface area contributed by atoms with Crippen LogP contribution in [0.25, 0.3) is 0 Å². The summed E-state index contributed by atoms with van der Waals surface area (Å²) in [7, 11) is 0. The summed E-state index contributed by atoms with van der Waals surface area (Å²) >= 11 is 0. The van der Waals surface area contributed by atoms with Crippen LogP contribution in [0.4, 0.5) is 0 Å². The van der Waals surface area contributed by atoms with Crippen LogP contribution in [0.15, 0.2) is 36.7 Å². The molecule has 23 heavy (non-hydrogen) atoms. The number of nitrogens with zero attached hydrogens (tertiary/aromatic N) is 3. The predicted octanol–water partition coefficient (Wildman–Crippen LogP) is 3.01. The molecule has 1 N–H and O–H groups in total. The van der Waals surface area contributed by atoms with Gasteiger partial charge in [0.2, 0.25) is 0 Å². The van der Waals surface area contributed by atoms with E-state index in [-0.39, 0.29) is 11.8 Å². The van der Waals surface area contributed by atoms with Gasteiger partial charge in [-0.25, -0.2) is 0 Å². The molecule has 0 spiro atoms. The minimum absolute atomic E-state index is 0.0644. The highest BCUT2D eigenvalue weighted by Crippen LogP contribution is 2.13. The molecular weight excluding hydrogens is 288 g/mol. The third-order valence-corrected chi connectivity index (χ3v) is 3.63. The third kappa shape index (κ3) is 4.36. The van der Waals surface area contributed by atoms with Gasteiger partial charge in [-0.05, 0) is 30.2 Å². The number of nitrogens with one attached hydrogen (secondary N) is 1. The lowest BCUT2D eigenvalue weighted by molar-refractivity contribution is 0.0951. The summed E-state index contributed by atoms with van der Waals surface area (Å²) in [5.41, 5.74) is 2.89. The predicted molar refractivity (Wildman–Crippen MR) is 88.0 cm³/mol. The standard InChI is InChI=1S/C18H20N4O/c1-12(2)16-7-5-15(11-21-16)18(23)22-9-13(3)17-6-4-14(8-19)10-20-17/h4-7,10-13H,9H2,1-3H3,(H,22,23)/t13-/m0/s1. The van der Waals surface area contributed by atoms with Gasteiger partial charge in [-0.3, -0.25) is 14.8 Å². The highest BCUT2D eigenvalue weighted by atomic mass is 16.1. The fourth-order valence-corrected chi connectivity index (χ4v) is 2.10. The molecule has 1 amide bonds. The summed E-state index contributed by atoms with van der Waals surface area (Å²) < 4.78 is 0. The van der Waals surface area contributed by atoms with Gasteiger partial charge in [0.1, 0.15) is 6.07 Å². The SMILES string of the molecule is CC(C)c1ccc(C(=O)NC[C@H](C)c2ccc(C#N)cn2)cn1. The molecule has 2 aromatic rings. The number of rotatable bonds is 5. The molecule has 118 valence electrons. The van der Waals surface area contributed by atoms with Crippen LogP contribution in [0.2, 0.25) is 0 Å². The van der Waals surface area contributed by atoms with Crippen molar-refractivity contribution < 1.29 is 4.79 Å². The molecular formula is C18H20N4O. The first-order valence-electron chi connectivity index (χ1n) is 7.61. The van der Waals surface area contributed by atoms with Crippen molar-refractivity contribution in [3.8, 4) is 6.07 Å². The number of carbonyl (C=O) groups excluding carboxylic acids is 1. The first-order chi connectivity index (χ1) is 11.0. The molecule has 2 rings (SSSR count). The Bertz CT molecular complexity index is 699. The van der Waals surface area contributed by atoms with Crippen molar-refractivity contribution in [3.05, 3.63) is 59.2 Å². The topological polar surface area (TPSA) is 78.7 Å². The normalized spacial score (nSPS) is 11.8. The summed E-state index contributed by atoms with van der Waals surface area (Å²) in [6.07, 6.45) is 3.15. The molecule has 0 aliphatic heterocycles. The van der Waals surface area contributed by atoms with E-state index in [1.165, 1.54) is 0 Å². The van der Waals surface area contributed by atoms with E-state index < -0.39 is 0 Å². The van der Waals surface area contributed by atoms with Gasteiger partial charge in [0, 0.05) is 36.2 Å². The molecule has 0 saturated carbocycles. The van der Waals surface area contributed by atoms with E-state index in [1.54, 1.807) is 24.5 Å². The number of carbonyl (C=O) groups is 1. The molecule has 0 fully saturated rings. The van der Waals surface area contributed by atoms with Gasteiger partial charge < -0.3 is 5.32 Å². The van der Waals surface area contributed by atoms with E-state index in [2.05, 4.69) is 29.1 Å². The minimum atomic E-state index is -0.145. The second kappa shape index (κ2) is 7.50. The number of amides is 1. The molecule has 2 heterocycles.